The molecule has 1 aliphatic carbocycles. The lowest BCUT2D eigenvalue weighted by atomic mass is 9.83. The number of amidine groups is 1. The number of hydrogen-bond donors (Lipinski definition) is 1. The summed E-state index contributed by atoms with van der Waals surface area (Å²) in [5, 5.41) is 9.18. The summed E-state index contributed by atoms with van der Waals surface area (Å²) >= 11 is 0. The zero-order chi connectivity index (χ0) is 26.0. The van der Waals surface area contributed by atoms with Gasteiger partial charge in [0, 0.05) is 37.4 Å². The second kappa shape index (κ2) is 10.1. The summed E-state index contributed by atoms with van der Waals surface area (Å²) in [6.07, 6.45) is 7.35. The molecule has 1 unspecified atom stereocenters. The van der Waals surface area contributed by atoms with Crippen molar-refractivity contribution in [3.8, 4) is 0 Å². The molecule has 1 N–H and O–H groups in total. The van der Waals surface area contributed by atoms with Crippen molar-refractivity contribution in [2.45, 2.75) is 46.5 Å². The zero-order valence-electron chi connectivity index (χ0n) is 20.9. The molecule has 188 valence electrons. The predicted molar refractivity (Wildman–Crippen MR) is 136 cm³/mol. The van der Waals surface area contributed by atoms with Crippen LogP contribution in [0.5, 0.6) is 0 Å². The van der Waals surface area contributed by atoms with E-state index in [1.165, 1.54) is 12.1 Å². The quantitative estimate of drug-likeness (QED) is 0.578. The highest BCUT2D eigenvalue weighted by molar-refractivity contribution is 6.23. The van der Waals surface area contributed by atoms with Crippen LogP contribution in [0.4, 0.5) is 0 Å². The molecule has 2 heterocycles. The van der Waals surface area contributed by atoms with Gasteiger partial charge in [-0.15, -0.1) is 0 Å². The Labute approximate surface area is 210 Å². The maximum absolute atomic E-state index is 13.1. The minimum atomic E-state index is -1.07. The van der Waals surface area contributed by atoms with Gasteiger partial charge in [0.15, 0.2) is 5.78 Å². The Balaban J connectivity index is 1.33. The first-order chi connectivity index (χ1) is 17.0. The van der Waals surface area contributed by atoms with Gasteiger partial charge in [-0.3, -0.25) is 14.4 Å². The lowest BCUT2D eigenvalue weighted by Crippen LogP contribution is -2.42. The number of carboxylic acids is 1. The topological polar surface area (TPSA) is 116 Å². The van der Waals surface area contributed by atoms with Crippen LogP contribution in [0.3, 0.4) is 0 Å². The minimum Gasteiger partial charge on any atom is -0.478 e. The monoisotopic (exact) mass is 489 g/mol. The van der Waals surface area contributed by atoms with Gasteiger partial charge in [0.1, 0.15) is 11.8 Å². The van der Waals surface area contributed by atoms with Crippen LogP contribution in [0.2, 0.25) is 0 Å². The molecule has 4 rings (SSSR count). The fourth-order valence-corrected chi connectivity index (χ4v) is 4.97. The second-order valence-corrected chi connectivity index (χ2v) is 10.5. The van der Waals surface area contributed by atoms with Crippen LogP contribution in [-0.4, -0.2) is 58.2 Å². The Morgan fingerprint density at radius 2 is 1.81 bits per heavy atom. The largest absolute Gasteiger partial charge is 0.478 e. The van der Waals surface area contributed by atoms with Gasteiger partial charge < -0.3 is 10.0 Å². The summed E-state index contributed by atoms with van der Waals surface area (Å²) < 4.78 is 0. The molecule has 0 spiro atoms. The number of Topliss-reactive ketones (excluding diaryl/α,β-unsaturated/α-hetero) is 1. The van der Waals surface area contributed by atoms with Crippen molar-refractivity contribution in [2.75, 3.05) is 13.1 Å². The van der Waals surface area contributed by atoms with Crippen LogP contribution in [0.15, 0.2) is 58.1 Å². The number of carboxylic acid groups (broad SMARTS) is 1. The molecule has 2 aliphatic heterocycles. The Hall–Kier alpha value is -3.68. The Bertz CT molecular complexity index is 1230. The number of ketones is 1. The zero-order valence-corrected chi connectivity index (χ0v) is 20.9. The molecule has 1 atom stereocenters. The van der Waals surface area contributed by atoms with Gasteiger partial charge >= 0.3 is 5.97 Å². The number of carbonyl (C=O) groups is 4. The van der Waals surface area contributed by atoms with Crippen LogP contribution in [0.1, 0.15) is 67.2 Å². The number of carbonyl (C=O) groups excluding carboxylic acids is 3. The molecule has 36 heavy (non-hydrogen) atoms. The molecule has 1 saturated heterocycles. The van der Waals surface area contributed by atoms with E-state index in [0.29, 0.717) is 43.8 Å². The standard InChI is InChI=1S/C28H31N3O5/c1-17-6-4-9-21-24(17)29-22(30-26(21)34)15-28(2,3)16-23(32)31-12-10-18(11-13-31)25(33)19-7-5-8-20(14-19)27(35)36/h4-9,14,18,21H,10-13,15-16H2,1-3H3,(H,35,36). The fourth-order valence-electron chi connectivity index (χ4n) is 4.97. The number of allylic oxidation sites excluding steroid dienone is 3. The van der Waals surface area contributed by atoms with Gasteiger partial charge in [0.25, 0.3) is 5.91 Å². The van der Waals surface area contributed by atoms with E-state index >= 15 is 0 Å². The molecular formula is C28H31N3O5. The number of aromatic carboxylic acids is 1. The molecule has 0 bridgehead atoms. The summed E-state index contributed by atoms with van der Waals surface area (Å²) in [7, 11) is 0. The van der Waals surface area contributed by atoms with Crippen LogP contribution < -0.4 is 0 Å². The summed E-state index contributed by atoms with van der Waals surface area (Å²) in [4.78, 5) is 60.3. The molecule has 8 heteroatoms. The van der Waals surface area contributed by atoms with Gasteiger partial charge in [-0.2, -0.15) is 4.99 Å². The normalized spacial score (nSPS) is 20.3. The van der Waals surface area contributed by atoms with Crippen molar-refractivity contribution in [2.24, 2.45) is 27.2 Å². The van der Waals surface area contributed by atoms with E-state index in [1.807, 2.05) is 32.9 Å². The van der Waals surface area contributed by atoms with E-state index in [2.05, 4.69) is 9.98 Å². The smallest absolute Gasteiger partial charge is 0.335 e. The first-order valence-electron chi connectivity index (χ1n) is 12.2. The molecule has 0 saturated carbocycles. The number of fused-ring (bicyclic) bond motifs is 1. The average molecular weight is 490 g/mol. The molecule has 1 aromatic rings. The minimum absolute atomic E-state index is 0.00344. The van der Waals surface area contributed by atoms with E-state index in [9.17, 15) is 24.3 Å². The maximum atomic E-state index is 13.1. The Kier molecular flexibility index (Phi) is 7.15. The molecule has 0 radical (unpaired) electrons. The van der Waals surface area contributed by atoms with Gasteiger partial charge in [-0.25, -0.2) is 9.79 Å². The first-order valence-corrected chi connectivity index (χ1v) is 12.2. The summed E-state index contributed by atoms with van der Waals surface area (Å²) in [5.74, 6) is -1.56. The van der Waals surface area contributed by atoms with Crippen LogP contribution >= 0.6 is 0 Å². The number of aliphatic imine (C=N–C) groups is 2. The Morgan fingerprint density at radius 1 is 1.11 bits per heavy atom. The number of nitrogens with zero attached hydrogens (tertiary/aromatic N) is 3. The van der Waals surface area contributed by atoms with Crippen molar-refractivity contribution in [3.63, 3.8) is 0 Å². The number of piperidine rings is 1. The van der Waals surface area contributed by atoms with Crippen molar-refractivity contribution >= 4 is 35.1 Å². The summed E-state index contributed by atoms with van der Waals surface area (Å²) in [6.45, 7) is 6.82. The van der Waals surface area contributed by atoms with Gasteiger partial charge in [0.2, 0.25) is 5.91 Å². The third-order valence-corrected chi connectivity index (χ3v) is 6.98. The van der Waals surface area contributed by atoms with Crippen molar-refractivity contribution in [1.29, 1.82) is 0 Å². The number of likely N-dealkylation sites (tertiary alicyclic amines) is 1. The van der Waals surface area contributed by atoms with Crippen LogP contribution in [0, 0.1) is 17.3 Å². The van der Waals surface area contributed by atoms with Crippen LogP contribution in [0.25, 0.3) is 0 Å². The lowest BCUT2D eigenvalue weighted by molar-refractivity contribution is -0.134. The van der Waals surface area contributed by atoms with E-state index in [4.69, 9.17) is 0 Å². The van der Waals surface area contributed by atoms with Crippen molar-refractivity contribution < 1.29 is 24.3 Å². The first kappa shape index (κ1) is 25.4. The van der Waals surface area contributed by atoms with Gasteiger partial charge in [-0.1, -0.05) is 44.2 Å². The second-order valence-electron chi connectivity index (χ2n) is 10.5. The predicted octanol–water partition coefficient (Wildman–Crippen LogP) is 4.12. The van der Waals surface area contributed by atoms with E-state index < -0.39 is 17.3 Å². The third kappa shape index (κ3) is 5.58. The fraction of sp³-hybridized carbons (Fsp3) is 0.429. The van der Waals surface area contributed by atoms with Crippen LogP contribution in [-0.2, 0) is 9.59 Å². The molecule has 1 aromatic carbocycles. The van der Waals surface area contributed by atoms with Crippen molar-refractivity contribution in [1.82, 2.24) is 4.90 Å². The van der Waals surface area contributed by atoms with E-state index in [1.54, 1.807) is 23.1 Å². The highest BCUT2D eigenvalue weighted by Gasteiger charge is 2.34. The lowest BCUT2D eigenvalue weighted by Gasteiger charge is -2.34. The summed E-state index contributed by atoms with van der Waals surface area (Å²) in [5.41, 5.74) is 1.72. The highest BCUT2D eigenvalue weighted by atomic mass is 16.4. The van der Waals surface area contributed by atoms with E-state index in [0.717, 1.165) is 11.3 Å². The SMILES string of the molecule is CC1=CC=CC2C(=O)N=C(CC(C)(C)CC(=O)N3CCC(C(=O)c4cccc(C(=O)O)c4)CC3)N=C12. The maximum Gasteiger partial charge on any atom is 0.335 e. The number of rotatable bonds is 7. The molecular weight excluding hydrogens is 458 g/mol. The average Bonchev–Trinajstić information content (AvgIpc) is 2.84. The highest BCUT2D eigenvalue weighted by Crippen LogP contribution is 2.31. The third-order valence-electron chi connectivity index (χ3n) is 6.98. The molecule has 2 amide bonds. The molecule has 0 aromatic heterocycles. The Morgan fingerprint density at radius 3 is 2.50 bits per heavy atom. The summed E-state index contributed by atoms with van der Waals surface area (Å²) in [6, 6.07) is 6.09. The molecule has 3 aliphatic rings. The van der Waals surface area contributed by atoms with Gasteiger partial charge in [-0.05, 0) is 42.9 Å². The molecule has 8 nitrogen and oxygen atoms in total. The number of benzene rings is 1. The number of hydrogen-bond acceptors (Lipinski definition) is 5. The number of amides is 2. The van der Waals surface area contributed by atoms with Gasteiger partial charge in [0.05, 0.1) is 11.3 Å². The molecule has 1 fully saturated rings. The van der Waals surface area contributed by atoms with Crippen molar-refractivity contribution in [3.05, 3.63) is 59.2 Å². The van der Waals surface area contributed by atoms with E-state index in [-0.39, 0.29) is 35.5 Å².